The Hall–Kier alpha value is -4.26. The lowest BCUT2D eigenvalue weighted by molar-refractivity contribution is -0.384. The van der Waals surface area contributed by atoms with E-state index in [-0.39, 0.29) is 11.5 Å². The van der Waals surface area contributed by atoms with Crippen LogP contribution < -0.4 is 16.4 Å². The topological polar surface area (TPSA) is 156 Å². The van der Waals surface area contributed by atoms with E-state index in [1.165, 1.54) is 12.1 Å². The molecule has 0 amide bonds. The van der Waals surface area contributed by atoms with Crippen molar-refractivity contribution in [2.45, 2.75) is 0 Å². The highest BCUT2D eigenvalue weighted by Crippen LogP contribution is 2.20. The highest BCUT2D eigenvalue weighted by Gasteiger charge is 2.12. The van der Waals surface area contributed by atoms with Crippen molar-refractivity contribution in [1.29, 1.82) is 5.26 Å². The van der Waals surface area contributed by atoms with Gasteiger partial charge in [-0.3, -0.25) is 10.1 Å². The molecule has 10 nitrogen and oxygen atoms in total. The fraction of sp³-hybridized carbons (Fsp3) is 0.111. The number of nitrogens with zero attached hydrogens (tertiary/aromatic N) is 5. The molecule has 0 saturated carbocycles. The van der Waals surface area contributed by atoms with Crippen molar-refractivity contribution in [3.05, 3.63) is 64.3 Å². The van der Waals surface area contributed by atoms with Crippen molar-refractivity contribution < 1.29 is 4.92 Å². The predicted octanol–water partition coefficient (Wildman–Crippen LogP) is 2.42. The van der Waals surface area contributed by atoms with E-state index < -0.39 is 4.92 Å². The summed E-state index contributed by atoms with van der Waals surface area (Å²) in [4.78, 5) is 22.7. The summed E-state index contributed by atoms with van der Waals surface area (Å²) in [5, 5.41) is 25.7. The van der Waals surface area contributed by atoms with Crippen molar-refractivity contribution >= 4 is 23.3 Å². The lowest BCUT2D eigenvalue weighted by atomic mass is 10.1. The van der Waals surface area contributed by atoms with E-state index in [0.29, 0.717) is 30.4 Å². The Morgan fingerprint density at radius 2 is 1.82 bits per heavy atom. The summed E-state index contributed by atoms with van der Waals surface area (Å²) in [6, 6.07) is 13.8. The van der Waals surface area contributed by atoms with E-state index in [0.717, 1.165) is 11.3 Å². The van der Waals surface area contributed by atoms with Gasteiger partial charge in [-0.2, -0.15) is 5.26 Å². The summed E-state index contributed by atoms with van der Waals surface area (Å²) >= 11 is 0. The number of pyridine rings is 1. The molecule has 3 aromatic rings. The van der Waals surface area contributed by atoms with Crippen molar-refractivity contribution in [2.75, 3.05) is 29.5 Å². The Balaban J connectivity index is 1.56. The van der Waals surface area contributed by atoms with Crippen molar-refractivity contribution in [1.82, 2.24) is 15.0 Å². The number of rotatable bonds is 7. The van der Waals surface area contributed by atoms with Crippen LogP contribution in [0.4, 0.5) is 23.3 Å². The Kier molecular flexibility index (Phi) is 5.57. The second kappa shape index (κ2) is 8.41. The number of benzene rings is 1. The molecule has 140 valence electrons. The Bertz CT molecular complexity index is 1030. The number of nitrogens with two attached hydrogens (primary N) is 1. The fourth-order valence-electron chi connectivity index (χ4n) is 2.41. The molecule has 28 heavy (non-hydrogen) atoms. The quantitative estimate of drug-likeness (QED) is 0.320. The van der Waals surface area contributed by atoms with Crippen LogP contribution in [0.15, 0.2) is 48.7 Å². The van der Waals surface area contributed by atoms with Gasteiger partial charge in [0.1, 0.15) is 5.82 Å². The first-order valence-corrected chi connectivity index (χ1v) is 8.29. The molecule has 0 aliphatic heterocycles. The van der Waals surface area contributed by atoms with E-state index in [1.54, 1.807) is 24.4 Å². The number of nitriles is 1. The van der Waals surface area contributed by atoms with Crippen LogP contribution in [0.2, 0.25) is 0 Å². The highest BCUT2D eigenvalue weighted by molar-refractivity contribution is 5.61. The number of nitro groups is 1. The molecule has 0 spiro atoms. The molecule has 10 heteroatoms. The molecule has 0 radical (unpaired) electrons. The molecule has 3 rings (SSSR count). The maximum Gasteiger partial charge on any atom is 0.311 e. The third kappa shape index (κ3) is 4.47. The van der Waals surface area contributed by atoms with Gasteiger partial charge in [-0.05, 0) is 24.3 Å². The van der Waals surface area contributed by atoms with Crippen molar-refractivity contribution in [3.63, 3.8) is 0 Å². The lowest BCUT2D eigenvalue weighted by Gasteiger charge is -2.09. The summed E-state index contributed by atoms with van der Waals surface area (Å²) in [5.41, 5.74) is 7.54. The monoisotopic (exact) mass is 376 g/mol. The molecule has 1 aromatic carbocycles. The van der Waals surface area contributed by atoms with Crippen molar-refractivity contribution in [3.8, 4) is 17.3 Å². The van der Waals surface area contributed by atoms with Crippen LogP contribution in [0.3, 0.4) is 0 Å². The normalized spacial score (nSPS) is 10.1. The first-order chi connectivity index (χ1) is 13.6. The zero-order chi connectivity index (χ0) is 19.9. The van der Waals surface area contributed by atoms with E-state index in [9.17, 15) is 10.1 Å². The largest absolute Gasteiger partial charge is 0.378 e. The molecule has 2 heterocycles. The van der Waals surface area contributed by atoms with Crippen LogP contribution in [0.5, 0.6) is 0 Å². The van der Waals surface area contributed by atoms with Crippen LogP contribution in [-0.2, 0) is 0 Å². The lowest BCUT2D eigenvalue weighted by Crippen LogP contribution is -2.16. The van der Waals surface area contributed by atoms with Gasteiger partial charge < -0.3 is 16.4 Å². The fourth-order valence-corrected chi connectivity index (χ4v) is 2.41. The molecular weight excluding hydrogens is 360 g/mol. The average molecular weight is 376 g/mol. The van der Waals surface area contributed by atoms with Gasteiger partial charge in [0.2, 0.25) is 11.8 Å². The second-order valence-electron chi connectivity index (χ2n) is 5.67. The summed E-state index contributed by atoms with van der Waals surface area (Å²) < 4.78 is 0. The smallest absolute Gasteiger partial charge is 0.311 e. The Morgan fingerprint density at radius 1 is 1.07 bits per heavy atom. The number of aromatic nitrogens is 3. The second-order valence-corrected chi connectivity index (χ2v) is 5.67. The Morgan fingerprint density at radius 3 is 2.50 bits per heavy atom. The molecule has 2 aromatic heterocycles. The van der Waals surface area contributed by atoms with Gasteiger partial charge in [-0.25, -0.2) is 15.0 Å². The highest BCUT2D eigenvalue weighted by atomic mass is 16.6. The van der Waals surface area contributed by atoms with Crippen LogP contribution in [0.1, 0.15) is 5.56 Å². The molecular formula is C18H16N8O2. The zero-order valence-electron chi connectivity index (χ0n) is 14.7. The molecule has 0 unspecified atom stereocenters. The average Bonchev–Trinajstić information content (AvgIpc) is 2.71. The summed E-state index contributed by atoms with van der Waals surface area (Å²) in [5.74, 6) is 0.762. The molecule has 0 aliphatic carbocycles. The minimum absolute atomic E-state index is 0.138. The summed E-state index contributed by atoms with van der Waals surface area (Å²) in [7, 11) is 0. The van der Waals surface area contributed by atoms with E-state index in [1.807, 2.05) is 12.1 Å². The van der Waals surface area contributed by atoms with Gasteiger partial charge in [0.05, 0.1) is 22.2 Å². The number of anilines is 3. The van der Waals surface area contributed by atoms with Gasteiger partial charge >= 0.3 is 5.69 Å². The van der Waals surface area contributed by atoms with Crippen molar-refractivity contribution in [2.24, 2.45) is 0 Å². The van der Waals surface area contributed by atoms with Gasteiger partial charge in [0.15, 0.2) is 0 Å². The van der Waals surface area contributed by atoms with E-state index in [4.69, 9.17) is 11.0 Å². The van der Waals surface area contributed by atoms with Gasteiger partial charge in [0.25, 0.3) is 0 Å². The van der Waals surface area contributed by atoms with E-state index >= 15 is 0 Å². The maximum atomic E-state index is 10.7. The predicted molar refractivity (Wildman–Crippen MR) is 104 cm³/mol. The molecule has 0 aliphatic rings. The molecule has 0 fully saturated rings. The SMILES string of the molecule is N#Cc1ccc(-c2ccnc(NCCNc3ccc([N+](=O)[O-])c(N)n3)n2)cc1. The number of hydrogen-bond acceptors (Lipinski definition) is 9. The van der Waals surface area contributed by atoms with Gasteiger partial charge in [-0.1, -0.05) is 12.1 Å². The zero-order valence-corrected chi connectivity index (χ0v) is 14.7. The Labute approximate surface area is 160 Å². The first-order valence-electron chi connectivity index (χ1n) is 8.29. The van der Waals surface area contributed by atoms with E-state index in [2.05, 4.69) is 31.7 Å². The molecule has 0 saturated heterocycles. The van der Waals surface area contributed by atoms with Crippen LogP contribution in [-0.4, -0.2) is 33.0 Å². The number of nitrogen functional groups attached to an aromatic ring is 1. The van der Waals surface area contributed by atoms with Crippen LogP contribution >= 0.6 is 0 Å². The summed E-state index contributed by atoms with van der Waals surface area (Å²) in [6.45, 7) is 0.976. The minimum atomic E-state index is -0.578. The number of hydrogen-bond donors (Lipinski definition) is 3. The maximum absolute atomic E-state index is 10.7. The standard InChI is InChI=1S/C18H16N8O2/c19-11-12-1-3-13(4-2-12)14-7-8-22-18(24-14)23-10-9-21-16-6-5-15(26(27)28)17(20)25-16/h1-8H,9-10H2,(H3,20,21,25)(H,22,23,24). The molecule has 0 atom stereocenters. The third-order valence-corrected chi connectivity index (χ3v) is 3.78. The van der Waals surface area contributed by atoms with Crippen LogP contribution in [0, 0.1) is 21.4 Å². The minimum Gasteiger partial charge on any atom is -0.378 e. The van der Waals surface area contributed by atoms with Gasteiger partial charge in [0, 0.05) is 30.9 Å². The first kappa shape index (κ1) is 18.5. The van der Waals surface area contributed by atoms with Gasteiger partial charge in [-0.15, -0.1) is 0 Å². The summed E-state index contributed by atoms with van der Waals surface area (Å²) in [6.07, 6.45) is 1.65. The van der Waals surface area contributed by atoms with Crippen LogP contribution in [0.25, 0.3) is 11.3 Å². The third-order valence-electron chi connectivity index (χ3n) is 3.78. The number of nitrogens with one attached hydrogen (secondary N) is 2. The molecule has 0 bridgehead atoms. The molecule has 4 N–H and O–H groups in total.